The van der Waals surface area contributed by atoms with Gasteiger partial charge in [0.15, 0.2) is 0 Å². The van der Waals surface area contributed by atoms with Crippen LogP contribution in [-0.4, -0.2) is 12.1 Å². The smallest absolute Gasteiger partial charge is 0.0637 e. The Kier molecular flexibility index (Phi) is 5.21. The van der Waals surface area contributed by atoms with Gasteiger partial charge in [0.25, 0.3) is 0 Å². The highest BCUT2D eigenvalue weighted by Crippen LogP contribution is 2.44. The molecule has 2 nitrogen and oxygen atoms in total. The Morgan fingerprint density at radius 3 is 2.43 bits per heavy atom. The van der Waals surface area contributed by atoms with Crippen LogP contribution in [-0.2, 0) is 0 Å². The number of para-hydroxylation sites is 1. The zero-order chi connectivity index (χ0) is 15.5. The van der Waals surface area contributed by atoms with Crippen LogP contribution in [0.3, 0.4) is 0 Å². The predicted molar refractivity (Wildman–Crippen MR) is 92.9 cm³/mol. The molecule has 1 fully saturated rings. The fourth-order valence-electron chi connectivity index (χ4n) is 3.47. The van der Waals surface area contributed by atoms with Gasteiger partial charge in [-0.05, 0) is 49.1 Å². The molecular formula is C18H29ClN2. The summed E-state index contributed by atoms with van der Waals surface area (Å²) in [5.74, 6) is 0.801. The molecule has 0 unspecified atom stereocenters. The molecule has 0 heterocycles. The maximum atomic E-state index is 6.28. The summed E-state index contributed by atoms with van der Waals surface area (Å²) in [6.07, 6.45) is 5.99. The summed E-state index contributed by atoms with van der Waals surface area (Å²) in [4.78, 5) is 0. The molecule has 1 aliphatic rings. The van der Waals surface area contributed by atoms with Crippen molar-refractivity contribution in [3.63, 3.8) is 0 Å². The first kappa shape index (κ1) is 16.6. The summed E-state index contributed by atoms with van der Waals surface area (Å²) in [5.41, 5.74) is 7.57. The molecule has 118 valence electrons. The monoisotopic (exact) mass is 308 g/mol. The van der Waals surface area contributed by atoms with Gasteiger partial charge in [0.1, 0.15) is 0 Å². The molecule has 0 spiro atoms. The normalized spacial score (nSPS) is 26.6. The highest BCUT2D eigenvalue weighted by atomic mass is 35.5. The van der Waals surface area contributed by atoms with Gasteiger partial charge in [-0.3, -0.25) is 0 Å². The lowest BCUT2D eigenvalue weighted by molar-refractivity contribution is 0.124. The van der Waals surface area contributed by atoms with Crippen molar-refractivity contribution in [3.05, 3.63) is 29.3 Å². The van der Waals surface area contributed by atoms with E-state index in [0.29, 0.717) is 12.0 Å². The fraction of sp³-hybridized carbons (Fsp3) is 0.667. The van der Waals surface area contributed by atoms with Gasteiger partial charge in [-0.25, -0.2) is 0 Å². The van der Waals surface area contributed by atoms with E-state index in [2.05, 4.69) is 26.1 Å². The van der Waals surface area contributed by atoms with Crippen LogP contribution in [0.5, 0.6) is 0 Å². The largest absolute Gasteiger partial charge is 0.377 e. The molecular weight excluding hydrogens is 280 g/mol. The molecule has 1 aromatic rings. The van der Waals surface area contributed by atoms with Crippen molar-refractivity contribution in [2.75, 3.05) is 11.9 Å². The van der Waals surface area contributed by atoms with Crippen molar-refractivity contribution in [3.8, 4) is 0 Å². The van der Waals surface area contributed by atoms with E-state index in [1.54, 1.807) is 0 Å². The second kappa shape index (κ2) is 6.58. The number of halogens is 1. The van der Waals surface area contributed by atoms with Crippen LogP contribution in [0.1, 0.15) is 52.9 Å². The number of rotatable bonds is 5. The highest BCUT2D eigenvalue weighted by molar-refractivity contribution is 6.33. The SMILES string of the molecule is CCC(C)(C)C1CCC(CN)(Nc2ccccc2Cl)CC1. The minimum absolute atomic E-state index is 0.00527. The van der Waals surface area contributed by atoms with Crippen LogP contribution in [0.15, 0.2) is 24.3 Å². The van der Waals surface area contributed by atoms with Gasteiger partial charge >= 0.3 is 0 Å². The molecule has 1 aromatic carbocycles. The lowest BCUT2D eigenvalue weighted by Crippen LogP contribution is -2.49. The van der Waals surface area contributed by atoms with Gasteiger partial charge in [-0.1, -0.05) is 50.9 Å². The van der Waals surface area contributed by atoms with Crippen molar-refractivity contribution in [1.82, 2.24) is 0 Å². The second-order valence-electron chi connectivity index (χ2n) is 7.21. The summed E-state index contributed by atoms with van der Waals surface area (Å²) in [7, 11) is 0. The molecule has 0 radical (unpaired) electrons. The first-order valence-electron chi connectivity index (χ1n) is 8.15. The fourth-order valence-corrected chi connectivity index (χ4v) is 3.65. The summed E-state index contributed by atoms with van der Waals surface area (Å²) in [6, 6.07) is 7.95. The molecule has 2 rings (SSSR count). The van der Waals surface area contributed by atoms with E-state index in [1.807, 2.05) is 24.3 Å². The summed E-state index contributed by atoms with van der Waals surface area (Å²) in [6.45, 7) is 7.76. The molecule has 1 aliphatic carbocycles. The van der Waals surface area contributed by atoms with Crippen LogP contribution >= 0.6 is 11.6 Å². The molecule has 0 bridgehead atoms. The predicted octanol–water partition coefficient (Wildman–Crippen LogP) is 5.08. The van der Waals surface area contributed by atoms with E-state index in [-0.39, 0.29) is 5.54 Å². The zero-order valence-corrected chi connectivity index (χ0v) is 14.3. The van der Waals surface area contributed by atoms with Crippen molar-refractivity contribution in [2.24, 2.45) is 17.1 Å². The average Bonchev–Trinajstić information content (AvgIpc) is 2.50. The van der Waals surface area contributed by atoms with Crippen LogP contribution in [0.25, 0.3) is 0 Å². The maximum absolute atomic E-state index is 6.28. The van der Waals surface area contributed by atoms with Crippen LogP contribution in [0.2, 0.25) is 5.02 Å². The Hall–Kier alpha value is -0.730. The van der Waals surface area contributed by atoms with Crippen LogP contribution in [0.4, 0.5) is 5.69 Å². The minimum atomic E-state index is 0.00527. The average molecular weight is 309 g/mol. The van der Waals surface area contributed by atoms with Gasteiger partial charge in [-0.2, -0.15) is 0 Å². The standard InChI is InChI=1S/C18H29ClN2/c1-4-17(2,3)14-9-11-18(13-20,12-10-14)21-16-8-6-5-7-15(16)19/h5-8,14,21H,4,9-13,20H2,1-3H3. The Bertz CT molecular complexity index is 462. The third-order valence-electron chi connectivity index (χ3n) is 5.62. The van der Waals surface area contributed by atoms with E-state index >= 15 is 0 Å². The molecule has 0 amide bonds. The van der Waals surface area contributed by atoms with Gasteiger partial charge in [-0.15, -0.1) is 0 Å². The molecule has 1 saturated carbocycles. The molecule has 3 heteroatoms. The summed E-state index contributed by atoms with van der Waals surface area (Å²) in [5, 5.41) is 4.42. The third-order valence-corrected chi connectivity index (χ3v) is 5.95. The third kappa shape index (κ3) is 3.73. The minimum Gasteiger partial charge on any atom is -0.377 e. The number of hydrogen-bond acceptors (Lipinski definition) is 2. The Balaban J connectivity index is 2.07. The summed E-state index contributed by atoms with van der Waals surface area (Å²) < 4.78 is 0. The first-order valence-corrected chi connectivity index (χ1v) is 8.53. The highest BCUT2D eigenvalue weighted by Gasteiger charge is 2.39. The number of hydrogen-bond donors (Lipinski definition) is 2. The van der Waals surface area contributed by atoms with E-state index in [4.69, 9.17) is 17.3 Å². The molecule has 0 aliphatic heterocycles. The number of anilines is 1. The first-order chi connectivity index (χ1) is 9.92. The van der Waals surface area contributed by atoms with Crippen molar-refractivity contribution < 1.29 is 0 Å². The van der Waals surface area contributed by atoms with Crippen molar-refractivity contribution >= 4 is 17.3 Å². The van der Waals surface area contributed by atoms with E-state index in [9.17, 15) is 0 Å². The van der Waals surface area contributed by atoms with Gasteiger partial charge in [0, 0.05) is 12.1 Å². The van der Waals surface area contributed by atoms with E-state index in [1.165, 1.54) is 19.3 Å². The number of benzene rings is 1. The molecule has 0 aromatic heterocycles. The zero-order valence-electron chi connectivity index (χ0n) is 13.6. The van der Waals surface area contributed by atoms with Crippen LogP contribution in [0, 0.1) is 11.3 Å². The van der Waals surface area contributed by atoms with E-state index in [0.717, 1.165) is 29.5 Å². The molecule has 21 heavy (non-hydrogen) atoms. The Morgan fingerprint density at radius 2 is 1.90 bits per heavy atom. The van der Waals surface area contributed by atoms with Gasteiger partial charge in [0.05, 0.1) is 10.7 Å². The van der Waals surface area contributed by atoms with E-state index < -0.39 is 0 Å². The van der Waals surface area contributed by atoms with Crippen LogP contribution < -0.4 is 11.1 Å². The van der Waals surface area contributed by atoms with Crippen molar-refractivity contribution in [2.45, 2.75) is 58.4 Å². The second-order valence-corrected chi connectivity index (χ2v) is 7.61. The Morgan fingerprint density at radius 1 is 1.29 bits per heavy atom. The summed E-state index contributed by atoms with van der Waals surface area (Å²) >= 11 is 6.28. The molecule has 0 atom stereocenters. The number of nitrogens with one attached hydrogen (secondary N) is 1. The number of nitrogens with two attached hydrogens (primary N) is 1. The topological polar surface area (TPSA) is 38.0 Å². The lowest BCUT2D eigenvalue weighted by atomic mass is 9.65. The lowest BCUT2D eigenvalue weighted by Gasteiger charge is -2.45. The van der Waals surface area contributed by atoms with Crippen molar-refractivity contribution in [1.29, 1.82) is 0 Å². The Labute approximate surface area is 134 Å². The molecule has 0 saturated heterocycles. The molecule has 3 N–H and O–H groups in total. The quantitative estimate of drug-likeness (QED) is 0.796. The van der Waals surface area contributed by atoms with Gasteiger partial charge < -0.3 is 11.1 Å². The maximum Gasteiger partial charge on any atom is 0.0637 e. The van der Waals surface area contributed by atoms with Gasteiger partial charge in [0.2, 0.25) is 0 Å².